The van der Waals surface area contributed by atoms with E-state index in [1.54, 1.807) is 17.9 Å². The van der Waals surface area contributed by atoms with Crippen LogP contribution in [0.1, 0.15) is 30.7 Å². The van der Waals surface area contributed by atoms with Crippen LogP contribution in [0.5, 0.6) is 0 Å². The highest BCUT2D eigenvalue weighted by molar-refractivity contribution is 5.82. The summed E-state index contributed by atoms with van der Waals surface area (Å²) >= 11 is 0. The number of nitrogens with zero attached hydrogens (tertiary/aromatic N) is 2. The molecule has 1 aromatic heterocycles. The van der Waals surface area contributed by atoms with E-state index in [1.807, 2.05) is 0 Å². The molecule has 2 aliphatic rings. The van der Waals surface area contributed by atoms with Crippen LogP contribution in [0.4, 0.5) is 0 Å². The van der Waals surface area contributed by atoms with Crippen molar-refractivity contribution in [2.45, 2.75) is 32.6 Å². The van der Waals surface area contributed by atoms with Gasteiger partial charge >= 0.3 is 5.97 Å². The molecule has 20 heavy (non-hydrogen) atoms. The van der Waals surface area contributed by atoms with Crippen molar-refractivity contribution < 1.29 is 19.2 Å². The number of carboxylic acid groups (broad SMARTS) is 1. The second kappa shape index (κ2) is 4.61. The van der Waals surface area contributed by atoms with Gasteiger partial charge in [-0.15, -0.1) is 0 Å². The molecule has 0 radical (unpaired) electrons. The lowest BCUT2D eigenvalue weighted by Crippen LogP contribution is -2.37. The Morgan fingerprint density at radius 3 is 3.00 bits per heavy atom. The van der Waals surface area contributed by atoms with E-state index in [0.29, 0.717) is 31.0 Å². The molecule has 1 saturated heterocycles. The summed E-state index contributed by atoms with van der Waals surface area (Å²) in [6, 6.07) is 1.74. The minimum atomic E-state index is -0.757. The van der Waals surface area contributed by atoms with Gasteiger partial charge in [0.25, 0.3) is 0 Å². The van der Waals surface area contributed by atoms with Crippen LogP contribution in [0.2, 0.25) is 0 Å². The molecule has 1 aliphatic carbocycles. The van der Waals surface area contributed by atoms with Gasteiger partial charge in [0.05, 0.1) is 17.5 Å². The monoisotopic (exact) mass is 278 g/mol. The number of amides is 1. The van der Waals surface area contributed by atoms with Crippen molar-refractivity contribution in [2.75, 3.05) is 13.1 Å². The van der Waals surface area contributed by atoms with Crippen LogP contribution in [0.3, 0.4) is 0 Å². The minimum absolute atomic E-state index is 0.0617. The third-order valence-electron chi connectivity index (χ3n) is 4.66. The summed E-state index contributed by atoms with van der Waals surface area (Å²) in [5.74, 6) is -0.0444. The quantitative estimate of drug-likeness (QED) is 0.899. The average Bonchev–Trinajstić information content (AvgIpc) is 3.02. The predicted molar refractivity (Wildman–Crippen MR) is 68.9 cm³/mol. The summed E-state index contributed by atoms with van der Waals surface area (Å²) in [6.07, 6.45) is 2.71. The van der Waals surface area contributed by atoms with Gasteiger partial charge in [-0.3, -0.25) is 9.59 Å². The van der Waals surface area contributed by atoms with E-state index >= 15 is 0 Å². The fraction of sp³-hybridized carbons (Fsp3) is 0.643. The number of hydrogen-bond donors (Lipinski definition) is 1. The highest BCUT2D eigenvalue weighted by atomic mass is 16.5. The Morgan fingerprint density at radius 1 is 1.60 bits per heavy atom. The summed E-state index contributed by atoms with van der Waals surface area (Å²) in [5, 5.41) is 13.3. The van der Waals surface area contributed by atoms with Crippen LogP contribution in [0.15, 0.2) is 10.6 Å². The highest BCUT2D eigenvalue weighted by Gasteiger charge is 2.55. The van der Waals surface area contributed by atoms with Crippen molar-refractivity contribution in [2.24, 2.45) is 11.3 Å². The van der Waals surface area contributed by atoms with Crippen LogP contribution in [0.25, 0.3) is 0 Å². The molecule has 1 N–H and O–H groups in total. The first-order valence-electron chi connectivity index (χ1n) is 6.94. The molecule has 0 aromatic carbocycles. The number of aliphatic carboxylic acids is 1. The molecule has 0 unspecified atom stereocenters. The molecule has 1 saturated carbocycles. The Kier molecular flexibility index (Phi) is 3.03. The van der Waals surface area contributed by atoms with Gasteiger partial charge in [0, 0.05) is 19.2 Å². The fourth-order valence-electron chi connectivity index (χ4n) is 3.60. The van der Waals surface area contributed by atoms with Gasteiger partial charge in [-0.05, 0) is 25.7 Å². The SMILES string of the molecule is Cc1cc(CC(=O)N2C[C@@H]3CCC[C@@]3(C(=O)O)C2)no1. The molecular formula is C14H18N2O4. The van der Waals surface area contributed by atoms with Crippen molar-refractivity contribution in [1.82, 2.24) is 10.1 Å². The van der Waals surface area contributed by atoms with E-state index in [4.69, 9.17) is 4.52 Å². The van der Waals surface area contributed by atoms with E-state index in [9.17, 15) is 14.7 Å². The highest BCUT2D eigenvalue weighted by Crippen LogP contribution is 2.48. The first-order valence-corrected chi connectivity index (χ1v) is 6.94. The number of carbonyl (C=O) groups is 2. The lowest BCUT2D eigenvalue weighted by Gasteiger charge is -2.23. The second-order valence-corrected chi connectivity index (χ2v) is 5.93. The van der Waals surface area contributed by atoms with Crippen LogP contribution >= 0.6 is 0 Å². The minimum Gasteiger partial charge on any atom is -0.481 e. The van der Waals surface area contributed by atoms with Gasteiger partial charge in [0.1, 0.15) is 5.76 Å². The van der Waals surface area contributed by atoms with Crippen molar-refractivity contribution in [3.8, 4) is 0 Å². The van der Waals surface area contributed by atoms with E-state index in [1.165, 1.54) is 0 Å². The topological polar surface area (TPSA) is 83.6 Å². The lowest BCUT2D eigenvalue weighted by molar-refractivity contribution is -0.149. The van der Waals surface area contributed by atoms with E-state index < -0.39 is 11.4 Å². The molecular weight excluding hydrogens is 260 g/mol. The zero-order valence-corrected chi connectivity index (χ0v) is 11.5. The molecule has 108 valence electrons. The number of carbonyl (C=O) groups excluding carboxylic acids is 1. The van der Waals surface area contributed by atoms with Gasteiger partial charge in [-0.25, -0.2) is 0 Å². The van der Waals surface area contributed by atoms with Crippen molar-refractivity contribution in [1.29, 1.82) is 0 Å². The number of aromatic nitrogens is 1. The molecule has 0 bridgehead atoms. The number of aryl methyl sites for hydroxylation is 1. The maximum atomic E-state index is 12.3. The third kappa shape index (κ3) is 1.99. The molecule has 1 amide bonds. The van der Waals surface area contributed by atoms with Crippen molar-refractivity contribution >= 4 is 11.9 Å². The first kappa shape index (κ1) is 13.1. The zero-order chi connectivity index (χ0) is 14.3. The van der Waals surface area contributed by atoms with Crippen LogP contribution in [0, 0.1) is 18.3 Å². The molecule has 6 heteroatoms. The number of fused-ring (bicyclic) bond motifs is 1. The maximum absolute atomic E-state index is 12.3. The summed E-state index contributed by atoms with van der Waals surface area (Å²) in [6.45, 7) is 2.67. The standard InChI is InChI=1S/C14H18N2O4/c1-9-5-11(15-20-9)6-12(17)16-7-10-3-2-4-14(10,8-16)13(18)19/h5,10H,2-4,6-8H2,1H3,(H,18,19)/t10-,14+/m0/s1. The van der Waals surface area contributed by atoms with Gasteiger partial charge in [0.15, 0.2) is 0 Å². The first-order chi connectivity index (χ1) is 9.51. The normalized spacial score (nSPS) is 28.6. The number of hydrogen-bond acceptors (Lipinski definition) is 4. The number of carboxylic acids is 1. The Hall–Kier alpha value is -1.85. The van der Waals surface area contributed by atoms with Crippen molar-refractivity contribution in [3.63, 3.8) is 0 Å². The molecule has 2 atom stereocenters. The molecule has 2 fully saturated rings. The molecule has 2 heterocycles. The van der Waals surface area contributed by atoms with Crippen molar-refractivity contribution in [3.05, 3.63) is 17.5 Å². The second-order valence-electron chi connectivity index (χ2n) is 5.93. The van der Waals surface area contributed by atoms with Crippen LogP contribution in [-0.4, -0.2) is 40.1 Å². The zero-order valence-electron chi connectivity index (χ0n) is 11.5. The van der Waals surface area contributed by atoms with Crippen LogP contribution in [-0.2, 0) is 16.0 Å². The molecule has 6 nitrogen and oxygen atoms in total. The van der Waals surface area contributed by atoms with E-state index in [2.05, 4.69) is 5.16 Å². The number of likely N-dealkylation sites (tertiary alicyclic amines) is 1. The fourth-order valence-corrected chi connectivity index (χ4v) is 3.60. The molecule has 1 aliphatic heterocycles. The largest absolute Gasteiger partial charge is 0.481 e. The summed E-state index contributed by atoms with van der Waals surface area (Å²) in [4.78, 5) is 25.5. The maximum Gasteiger partial charge on any atom is 0.311 e. The molecule has 3 rings (SSSR count). The Morgan fingerprint density at radius 2 is 2.40 bits per heavy atom. The average molecular weight is 278 g/mol. The Balaban J connectivity index is 1.70. The summed E-state index contributed by atoms with van der Waals surface area (Å²) < 4.78 is 4.95. The summed E-state index contributed by atoms with van der Waals surface area (Å²) in [7, 11) is 0. The molecule has 1 aromatic rings. The van der Waals surface area contributed by atoms with Gasteiger partial charge in [-0.2, -0.15) is 0 Å². The Bertz CT molecular complexity index is 553. The van der Waals surface area contributed by atoms with Gasteiger partial charge in [-0.1, -0.05) is 11.6 Å². The smallest absolute Gasteiger partial charge is 0.311 e. The van der Waals surface area contributed by atoms with Gasteiger partial charge in [0.2, 0.25) is 5.91 Å². The third-order valence-corrected chi connectivity index (χ3v) is 4.66. The summed E-state index contributed by atoms with van der Waals surface area (Å²) in [5.41, 5.74) is -0.107. The lowest BCUT2D eigenvalue weighted by atomic mass is 9.81. The predicted octanol–water partition coefficient (Wildman–Crippen LogP) is 1.24. The van der Waals surface area contributed by atoms with Crippen LogP contribution < -0.4 is 0 Å². The molecule has 0 spiro atoms. The number of rotatable bonds is 3. The van der Waals surface area contributed by atoms with E-state index in [0.717, 1.165) is 12.8 Å². The Labute approximate surface area is 116 Å². The van der Waals surface area contributed by atoms with E-state index in [-0.39, 0.29) is 18.2 Å². The van der Waals surface area contributed by atoms with Gasteiger partial charge < -0.3 is 14.5 Å².